The van der Waals surface area contributed by atoms with Gasteiger partial charge in [-0.2, -0.15) is 0 Å². The number of rotatable bonds is 6. The highest BCUT2D eigenvalue weighted by atomic mass is 16.5. The molecule has 1 fully saturated rings. The van der Waals surface area contributed by atoms with Crippen LogP contribution in [0.15, 0.2) is 27.4 Å². The van der Waals surface area contributed by atoms with Crippen molar-refractivity contribution in [2.75, 3.05) is 46.6 Å². The van der Waals surface area contributed by atoms with E-state index in [9.17, 15) is 9.90 Å². The highest BCUT2D eigenvalue weighted by Crippen LogP contribution is 2.33. The summed E-state index contributed by atoms with van der Waals surface area (Å²) in [6, 6.07) is 4.84. The van der Waals surface area contributed by atoms with E-state index in [0.29, 0.717) is 36.8 Å². The van der Waals surface area contributed by atoms with Gasteiger partial charge in [-0.05, 0) is 18.6 Å². The second-order valence-corrected chi connectivity index (χ2v) is 6.13. The summed E-state index contributed by atoms with van der Waals surface area (Å²) >= 11 is 0. The SMILES string of the molecule is COc1cc2c(C)cc(=O)oc2cc1OC[C@@H](O)CN1CCOCC1. The lowest BCUT2D eigenvalue weighted by Gasteiger charge is -2.28. The van der Waals surface area contributed by atoms with Crippen LogP contribution in [0.3, 0.4) is 0 Å². The lowest BCUT2D eigenvalue weighted by atomic mass is 10.1. The molecule has 0 radical (unpaired) electrons. The molecule has 0 spiro atoms. The Kier molecular flexibility index (Phi) is 5.57. The van der Waals surface area contributed by atoms with Crippen LogP contribution in [0.2, 0.25) is 0 Å². The van der Waals surface area contributed by atoms with E-state index in [-0.39, 0.29) is 6.61 Å². The van der Waals surface area contributed by atoms with E-state index in [1.54, 1.807) is 19.2 Å². The van der Waals surface area contributed by atoms with Crippen LogP contribution in [0.25, 0.3) is 11.0 Å². The molecule has 0 saturated carbocycles. The molecule has 136 valence electrons. The summed E-state index contributed by atoms with van der Waals surface area (Å²) in [7, 11) is 1.55. The summed E-state index contributed by atoms with van der Waals surface area (Å²) < 4.78 is 21.6. The van der Waals surface area contributed by atoms with Gasteiger partial charge in [-0.1, -0.05) is 0 Å². The number of β-amino-alcohol motifs (C(OH)–C–C–N with tert-alkyl or cyclic N) is 1. The van der Waals surface area contributed by atoms with Gasteiger partial charge >= 0.3 is 5.63 Å². The third kappa shape index (κ3) is 4.31. The summed E-state index contributed by atoms with van der Waals surface area (Å²) in [6.07, 6.45) is -0.636. The van der Waals surface area contributed by atoms with Gasteiger partial charge in [0.25, 0.3) is 0 Å². The zero-order valence-corrected chi connectivity index (χ0v) is 14.5. The lowest BCUT2D eigenvalue weighted by Crippen LogP contribution is -2.42. The molecular formula is C18H23NO6. The fourth-order valence-corrected chi connectivity index (χ4v) is 2.92. The van der Waals surface area contributed by atoms with Gasteiger partial charge in [0.15, 0.2) is 11.5 Å². The maximum Gasteiger partial charge on any atom is 0.336 e. The number of hydrogen-bond acceptors (Lipinski definition) is 7. The quantitative estimate of drug-likeness (QED) is 0.784. The largest absolute Gasteiger partial charge is 0.493 e. The van der Waals surface area contributed by atoms with Gasteiger partial charge < -0.3 is 23.7 Å². The fraction of sp³-hybridized carbons (Fsp3) is 0.500. The topological polar surface area (TPSA) is 81.4 Å². The Bertz CT molecular complexity index is 781. The molecule has 0 aliphatic carbocycles. The minimum absolute atomic E-state index is 0.120. The van der Waals surface area contributed by atoms with E-state index in [1.807, 2.05) is 6.92 Å². The van der Waals surface area contributed by atoms with Crippen molar-refractivity contribution in [3.05, 3.63) is 34.2 Å². The van der Waals surface area contributed by atoms with E-state index >= 15 is 0 Å². The van der Waals surface area contributed by atoms with Crippen molar-refractivity contribution in [1.82, 2.24) is 4.90 Å². The molecule has 1 aromatic heterocycles. The number of hydrogen-bond donors (Lipinski definition) is 1. The number of morpholine rings is 1. The molecule has 7 heteroatoms. The van der Waals surface area contributed by atoms with E-state index in [1.165, 1.54) is 6.07 Å². The number of methoxy groups -OCH3 is 1. The number of fused-ring (bicyclic) bond motifs is 1. The summed E-state index contributed by atoms with van der Waals surface area (Å²) in [4.78, 5) is 13.7. The van der Waals surface area contributed by atoms with Crippen molar-refractivity contribution in [3.63, 3.8) is 0 Å². The monoisotopic (exact) mass is 349 g/mol. The van der Waals surface area contributed by atoms with Gasteiger partial charge in [0.2, 0.25) is 0 Å². The molecule has 0 bridgehead atoms. The standard InChI is InChI=1S/C18H23NO6/c1-12-7-18(21)25-15-9-17(16(22-2)8-14(12)15)24-11-13(20)10-19-3-5-23-6-4-19/h7-9,13,20H,3-6,10-11H2,1-2H3/t13-/m0/s1. The molecule has 1 aromatic carbocycles. The molecular weight excluding hydrogens is 326 g/mol. The van der Waals surface area contributed by atoms with Crippen molar-refractivity contribution in [1.29, 1.82) is 0 Å². The van der Waals surface area contributed by atoms with E-state index in [0.717, 1.165) is 24.0 Å². The molecule has 2 aromatic rings. The summed E-state index contributed by atoms with van der Waals surface area (Å²) in [5.41, 5.74) is 0.834. The van der Waals surface area contributed by atoms with Crippen LogP contribution in [0.5, 0.6) is 11.5 Å². The Morgan fingerprint density at radius 1 is 1.24 bits per heavy atom. The van der Waals surface area contributed by atoms with Crippen molar-refractivity contribution in [2.45, 2.75) is 13.0 Å². The van der Waals surface area contributed by atoms with E-state index < -0.39 is 11.7 Å². The van der Waals surface area contributed by atoms with Gasteiger partial charge in [0.1, 0.15) is 18.3 Å². The average Bonchev–Trinajstić information content (AvgIpc) is 2.60. The van der Waals surface area contributed by atoms with Crippen LogP contribution < -0.4 is 15.1 Å². The van der Waals surface area contributed by atoms with Gasteiger partial charge in [0.05, 0.1) is 20.3 Å². The molecule has 0 unspecified atom stereocenters. The highest BCUT2D eigenvalue weighted by Gasteiger charge is 2.17. The smallest absolute Gasteiger partial charge is 0.336 e. The van der Waals surface area contributed by atoms with Crippen molar-refractivity contribution < 1.29 is 23.7 Å². The van der Waals surface area contributed by atoms with Gasteiger partial charge in [-0.25, -0.2) is 4.79 Å². The van der Waals surface area contributed by atoms with Crippen molar-refractivity contribution in [3.8, 4) is 11.5 Å². The number of aliphatic hydroxyl groups is 1. The summed E-state index contributed by atoms with van der Waals surface area (Å²) in [5, 5.41) is 11.0. The predicted octanol–water partition coefficient (Wildman–Crippen LogP) is 1.18. The van der Waals surface area contributed by atoms with Crippen molar-refractivity contribution >= 4 is 11.0 Å². The van der Waals surface area contributed by atoms with Gasteiger partial charge in [0, 0.05) is 37.2 Å². The Morgan fingerprint density at radius 3 is 2.72 bits per heavy atom. The number of benzene rings is 1. The number of aryl methyl sites for hydroxylation is 1. The maximum absolute atomic E-state index is 11.6. The maximum atomic E-state index is 11.6. The molecule has 1 aliphatic rings. The zero-order valence-electron chi connectivity index (χ0n) is 14.5. The zero-order chi connectivity index (χ0) is 17.8. The van der Waals surface area contributed by atoms with Crippen LogP contribution in [0.4, 0.5) is 0 Å². The molecule has 7 nitrogen and oxygen atoms in total. The molecule has 1 atom stereocenters. The molecule has 1 saturated heterocycles. The predicted molar refractivity (Wildman–Crippen MR) is 92.5 cm³/mol. The first-order valence-electron chi connectivity index (χ1n) is 8.30. The second kappa shape index (κ2) is 7.86. The van der Waals surface area contributed by atoms with Crippen molar-refractivity contribution in [2.24, 2.45) is 0 Å². The van der Waals surface area contributed by atoms with Crippen LogP contribution in [-0.4, -0.2) is 62.7 Å². The van der Waals surface area contributed by atoms with Crippen LogP contribution in [0.1, 0.15) is 5.56 Å². The molecule has 1 N–H and O–H groups in total. The van der Waals surface area contributed by atoms with Gasteiger partial charge in [-0.15, -0.1) is 0 Å². The third-order valence-corrected chi connectivity index (χ3v) is 4.24. The minimum atomic E-state index is -0.636. The Labute approximate surface area is 145 Å². The van der Waals surface area contributed by atoms with Crippen LogP contribution >= 0.6 is 0 Å². The fourth-order valence-electron chi connectivity index (χ4n) is 2.92. The third-order valence-electron chi connectivity index (χ3n) is 4.24. The minimum Gasteiger partial charge on any atom is -0.493 e. The van der Waals surface area contributed by atoms with E-state index in [2.05, 4.69) is 4.90 Å². The first-order chi connectivity index (χ1) is 12.1. The normalized spacial score (nSPS) is 16.8. The Morgan fingerprint density at radius 2 is 2.00 bits per heavy atom. The molecule has 1 aliphatic heterocycles. The first kappa shape index (κ1) is 17.7. The highest BCUT2D eigenvalue weighted by molar-refractivity contribution is 5.83. The van der Waals surface area contributed by atoms with Crippen LogP contribution in [-0.2, 0) is 4.74 Å². The summed E-state index contributed by atoms with van der Waals surface area (Å²) in [5.74, 6) is 0.966. The first-order valence-corrected chi connectivity index (χ1v) is 8.30. The summed E-state index contributed by atoms with van der Waals surface area (Å²) in [6.45, 7) is 5.46. The Balaban J connectivity index is 1.72. The molecule has 3 rings (SSSR count). The van der Waals surface area contributed by atoms with E-state index in [4.69, 9.17) is 18.6 Å². The lowest BCUT2D eigenvalue weighted by molar-refractivity contribution is 0.00446. The number of ether oxygens (including phenoxy) is 3. The average molecular weight is 349 g/mol. The molecule has 2 heterocycles. The second-order valence-electron chi connectivity index (χ2n) is 6.13. The number of nitrogens with zero attached hydrogens (tertiary/aromatic N) is 1. The number of aliphatic hydroxyl groups excluding tert-OH is 1. The molecule has 25 heavy (non-hydrogen) atoms. The van der Waals surface area contributed by atoms with Gasteiger partial charge in [-0.3, -0.25) is 4.90 Å². The van der Waals surface area contributed by atoms with Crippen LogP contribution in [0, 0.1) is 6.92 Å². The Hall–Kier alpha value is -2.09. The molecule has 0 amide bonds.